The van der Waals surface area contributed by atoms with Crippen molar-refractivity contribution in [3.63, 3.8) is 0 Å². The van der Waals surface area contributed by atoms with Gasteiger partial charge in [-0.25, -0.2) is 4.98 Å². The molecule has 1 fully saturated rings. The molecule has 1 saturated carbocycles. The average molecular weight is 484 g/mol. The summed E-state index contributed by atoms with van der Waals surface area (Å²) in [6.45, 7) is 1.99. The third-order valence-corrected chi connectivity index (χ3v) is 7.25. The van der Waals surface area contributed by atoms with Crippen LogP contribution < -0.4 is 15.5 Å². The lowest BCUT2D eigenvalue weighted by atomic mass is 9.91. The Hall–Kier alpha value is -1.90. The summed E-state index contributed by atoms with van der Waals surface area (Å²) in [5.74, 6) is 1.20. The van der Waals surface area contributed by atoms with Crippen molar-refractivity contribution in [3.8, 4) is 0 Å². The van der Waals surface area contributed by atoms with Gasteiger partial charge < -0.3 is 15.5 Å². The van der Waals surface area contributed by atoms with Gasteiger partial charge in [0.2, 0.25) is 11.9 Å². The summed E-state index contributed by atoms with van der Waals surface area (Å²) in [7, 11) is 2.45. The Bertz CT molecular complexity index is 965. The summed E-state index contributed by atoms with van der Waals surface area (Å²) < 4.78 is 12.4. The first-order chi connectivity index (χ1) is 14.7. The number of aromatic nitrogens is 2. The summed E-state index contributed by atoms with van der Waals surface area (Å²) in [6, 6.07) is 5.09. The summed E-state index contributed by atoms with van der Waals surface area (Å²) in [5.41, 5.74) is 1.03. The highest BCUT2D eigenvalue weighted by Crippen LogP contribution is 2.25. The molecule has 1 aliphatic rings. The van der Waals surface area contributed by atoms with Crippen molar-refractivity contribution in [2.75, 3.05) is 30.1 Å². The van der Waals surface area contributed by atoms with Gasteiger partial charge >= 0.3 is 0 Å². The Kier molecular flexibility index (Phi) is 8.13. The van der Waals surface area contributed by atoms with Crippen LogP contribution in [0.1, 0.15) is 31.2 Å². The molecule has 0 aliphatic heterocycles. The van der Waals surface area contributed by atoms with E-state index in [-0.39, 0.29) is 23.7 Å². The first-order valence-electron chi connectivity index (χ1n) is 10.1. The molecule has 1 aliphatic carbocycles. The minimum Gasteiger partial charge on any atom is -0.362 e. The SMILES string of the molecule is Cc1cnc(NC2CCC(NC(=O)CS(=O)c3ccc(Cl)c(Cl)c3)CC2)nc1N(C)C. The molecule has 2 aromatic rings. The molecule has 0 bridgehead atoms. The molecule has 0 saturated heterocycles. The number of rotatable bonds is 7. The van der Waals surface area contributed by atoms with E-state index in [2.05, 4.69) is 20.6 Å². The first kappa shape index (κ1) is 23.8. The minimum absolute atomic E-state index is 0.0765. The fraction of sp³-hybridized carbons (Fsp3) is 0.476. The number of carbonyl (C=O) groups is 1. The number of nitrogens with one attached hydrogen (secondary N) is 2. The Morgan fingerprint density at radius 1 is 1.16 bits per heavy atom. The van der Waals surface area contributed by atoms with Gasteiger partial charge in [-0.1, -0.05) is 23.2 Å². The van der Waals surface area contributed by atoms with Crippen molar-refractivity contribution in [1.29, 1.82) is 0 Å². The average Bonchev–Trinajstić information content (AvgIpc) is 2.72. The summed E-state index contributed by atoms with van der Waals surface area (Å²) in [4.78, 5) is 23.8. The van der Waals surface area contributed by atoms with Gasteiger partial charge in [0.1, 0.15) is 11.6 Å². The second kappa shape index (κ2) is 10.6. The van der Waals surface area contributed by atoms with Gasteiger partial charge in [-0.05, 0) is 50.8 Å². The van der Waals surface area contributed by atoms with E-state index < -0.39 is 10.8 Å². The fourth-order valence-electron chi connectivity index (χ4n) is 3.61. The van der Waals surface area contributed by atoms with Gasteiger partial charge in [0.05, 0.1) is 20.8 Å². The Labute approximate surface area is 195 Å². The molecule has 0 radical (unpaired) electrons. The number of benzene rings is 1. The largest absolute Gasteiger partial charge is 0.362 e. The molecule has 1 unspecified atom stereocenters. The number of carbonyl (C=O) groups excluding carboxylic acids is 1. The molecule has 168 valence electrons. The fourth-order valence-corrected chi connectivity index (χ4v) is 4.93. The maximum absolute atomic E-state index is 12.4. The van der Waals surface area contributed by atoms with Crippen LogP contribution in [0.2, 0.25) is 10.0 Å². The van der Waals surface area contributed by atoms with Crippen molar-refractivity contribution in [2.24, 2.45) is 0 Å². The Morgan fingerprint density at radius 3 is 2.48 bits per heavy atom. The third-order valence-electron chi connectivity index (χ3n) is 5.21. The van der Waals surface area contributed by atoms with Crippen LogP contribution in [0.5, 0.6) is 0 Å². The zero-order valence-corrected chi connectivity index (χ0v) is 20.2. The highest BCUT2D eigenvalue weighted by atomic mass is 35.5. The first-order valence-corrected chi connectivity index (χ1v) is 12.2. The molecular weight excluding hydrogens is 457 g/mol. The number of halogens is 2. The van der Waals surface area contributed by atoms with E-state index >= 15 is 0 Å². The van der Waals surface area contributed by atoms with E-state index in [0.29, 0.717) is 20.9 Å². The van der Waals surface area contributed by atoms with Gasteiger partial charge in [0, 0.05) is 42.8 Å². The standard InChI is InChI=1S/C21H27Cl2N5O2S/c1-13-11-24-21(27-20(13)28(2)3)26-15-6-4-14(5-7-15)25-19(29)12-31(30)16-8-9-17(22)18(23)10-16/h8-11,14-15H,4-7,12H2,1-3H3,(H,25,29)(H,24,26,27). The van der Waals surface area contributed by atoms with E-state index in [1.165, 1.54) is 0 Å². The third kappa shape index (κ3) is 6.54. The van der Waals surface area contributed by atoms with Crippen molar-refractivity contribution in [1.82, 2.24) is 15.3 Å². The number of aryl methyl sites for hydroxylation is 1. The number of hydrogen-bond donors (Lipinski definition) is 2. The van der Waals surface area contributed by atoms with Crippen LogP contribution in [-0.4, -0.2) is 52.0 Å². The van der Waals surface area contributed by atoms with Crippen LogP contribution in [-0.2, 0) is 15.6 Å². The van der Waals surface area contributed by atoms with Crippen LogP contribution in [0.3, 0.4) is 0 Å². The second-order valence-corrected chi connectivity index (χ2v) is 10.2. The monoisotopic (exact) mass is 483 g/mol. The molecule has 1 heterocycles. The normalized spacial score (nSPS) is 19.5. The molecule has 3 rings (SSSR count). The van der Waals surface area contributed by atoms with Gasteiger partial charge in [-0.2, -0.15) is 4.98 Å². The predicted molar refractivity (Wildman–Crippen MR) is 127 cm³/mol. The van der Waals surface area contributed by atoms with Crippen LogP contribution in [0.4, 0.5) is 11.8 Å². The molecule has 0 spiro atoms. The smallest absolute Gasteiger partial charge is 0.233 e. The number of nitrogens with zero attached hydrogens (tertiary/aromatic N) is 3. The number of hydrogen-bond acceptors (Lipinski definition) is 6. The van der Waals surface area contributed by atoms with E-state index in [9.17, 15) is 9.00 Å². The van der Waals surface area contributed by atoms with Crippen molar-refractivity contribution in [3.05, 3.63) is 40.0 Å². The highest BCUT2D eigenvalue weighted by Gasteiger charge is 2.24. The lowest BCUT2D eigenvalue weighted by molar-refractivity contribution is -0.119. The summed E-state index contributed by atoms with van der Waals surface area (Å²) in [6.07, 6.45) is 5.31. The lowest BCUT2D eigenvalue weighted by Crippen LogP contribution is -2.42. The molecule has 31 heavy (non-hydrogen) atoms. The molecule has 10 heteroatoms. The molecule has 1 aromatic carbocycles. The molecule has 1 amide bonds. The van der Waals surface area contributed by atoms with E-state index in [1.807, 2.05) is 32.1 Å². The van der Waals surface area contributed by atoms with Crippen LogP contribution in [0.15, 0.2) is 29.3 Å². The van der Waals surface area contributed by atoms with E-state index in [1.54, 1.807) is 18.2 Å². The van der Waals surface area contributed by atoms with Crippen molar-refractivity contribution < 1.29 is 9.00 Å². The molecule has 1 aromatic heterocycles. The molecular formula is C21H27Cl2N5O2S. The van der Waals surface area contributed by atoms with E-state index in [4.69, 9.17) is 23.2 Å². The van der Waals surface area contributed by atoms with Crippen LogP contribution in [0.25, 0.3) is 0 Å². The summed E-state index contributed by atoms with van der Waals surface area (Å²) >= 11 is 11.9. The Balaban J connectivity index is 1.46. The predicted octanol–water partition coefficient (Wildman–Crippen LogP) is 3.80. The number of amides is 1. The van der Waals surface area contributed by atoms with Gasteiger partial charge in [0.25, 0.3) is 0 Å². The van der Waals surface area contributed by atoms with Crippen LogP contribution in [0, 0.1) is 6.92 Å². The summed E-state index contributed by atoms with van der Waals surface area (Å²) in [5, 5.41) is 7.13. The second-order valence-electron chi connectivity index (χ2n) is 7.92. The van der Waals surface area contributed by atoms with Gasteiger partial charge in [-0.3, -0.25) is 9.00 Å². The van der Waals surface area contributed by atoms with Crippen LogP contribution >= 0.6 is 23.2 Å². The minimum atomic E-state index is -1.47. The van der Waals surface area contributed by atoms with E-state index in [0.717, 1.165) is 37.1 Å². The quantitative estimate of drug-likeness (QED) is 0.622. The van der Waals surface area contributed by atoms with Crippen molar-refractivity contribution in [2.45, 2.75) is 49.6 Å². The topological polar surface area (TPSA) is 87.2 Å². The lowest BCUT2D eigenvalue weighted by Gasteiger charge is -2.30. The van der Waals surface area contributed by atoms with Gasteiger partial charge in [0.15, 0.2) is 0 Å². The zero-order valence-electron chi connectivity index (χ0n) is 17.8. The maximum Gasteiger partial charge on any atom is 0.233 e. The maximum atomic E-state index is 12.4. The van der Waals surface area contributed by atoms with Crippen molar-refractivity contribution >= 4 is 51.7 Å². The molecule has 2 N–H and O–H groups in total. The molecule has 1 atom stereocenters. The van der Waals surface area contributed by atoms with Gasteiger partial charge in [-0.15, -0.1) is 0 Å². The number of anilines is 2. The zero-order chi connectivity index (χ0) is 22.5. The molecule has 7 nitrogen and oxygen atoms in total. The Morgan fingerprint density at radius 2 is 1.84 bits per heavy atom. The highest BCUT2D eigenvalue weighted by molar-refractivity contribution is 7.85.